The molecule has 0 saturated carbocycles. The van der Waals surface area contributed by atoms with Crippen LogP contribution in [0.4, 0.5) is 4.79 Å². The number of nitrogens with zero attached hydrogens (tertiary/aromatic N) is 2. The van der Waals surface area contributed by atoms with E-state index in [9.17, 15) is 13.2 Å². The zero-order valence-electron chi connectivity index (χ0n) is 16.4. The summed E-state index contributed by atoms with van der Waals surface area (Å²) in [5, 5.41) is 3.40. The van der Waals surface area contributed by atoms with Gasteiger partial charge >= 0.3 is 6.03 Å². The van der Waals surface area contributed by atoms with Gasteiger partial charge in [0.15, 0.2) is 0 Å². The highest BCUT2D eigenvalue weighted by atomic mass is 35.5. The fourth-order valence-electron chi connectivity index (χ4n) is 3.31. The van der Waals surface area contributed by atoms with Gasteiger partial charge in [-0.25, -0.2) is 13.2 Å². The normalized spacial score (nSPS) is 16.4. The Morgan fingerprint density at radius 1 is 1.07 bits per heavy atom. The Kier molecular flexibility index (Phi) is 7.16. The number of benzene rings is 2. The van der Waals surface area contributed by atoms with Gasteiger partial charge in [-0.05, 0) is 43.5 Å². The van der Waals surface area contributed by atoms with Crippen molar-refractivity contribution in [3.63, 3.8) is 0 Å². The van der Waals surface area contributed by atoms with E-state index in [2.05, 4.69) is 17.4 Å². The quantitative estimate of drug-likeness (QED) is 0.756. The molecule has 8 heteroatoms. The summed E-state index contributed by atoms with van der Waals surface area (Å²) in [6.45, 7) is 3.23. The maximum atomic E-state index is 12.8. The van der Waals surface area contributed by atoms with Crippen LogP contribution < -0.4 is 5.32 Å². The van der Waals surface area contributed by atoms with Gasteiger partial charge in [0.1, 0.15) is 0 Å². The molecule has 1 N–H and O–H groups in total. The van der Waals surface area contributed by atoms with Crippen molar-refractivity contribution in [1.29, 1.82) is 0 Å². The first kappa shape index (κ1) is 21.6. The van der Waals surface area contributed by atoms with E-state index in [-0.39, 0.29) is 30.1 Å². The third-order valence-corrected chi connectivity index (χ3v) is 7.17. The van der Waals surface area contributed by atoms with Gasteiger partial charge in [0.05, 0.1) is 4.90 Å². The Hall–Kier alpha value is -2.09. The van der Waals surface area contributed by atoms with Crippen LogP contribution in [0.2, 0.25) is 5.02 Å². The van der Waals surface area contributed by atoms with Crippen molar-refractivity contribution >= 4 is 27.7 Å². The minimum atomic E-state index is -3.61. The van der Waals surface area contributed by atoms with Crippen LogP contribution in [0.5, 0.6) is 0 Å². The molecule has 0 spiro atoms. The van der Waals surface area contributed by atoms with Gasteiger partial charge in [-0.2, -0.15) is 4.31 Å². The molecule has 6 nitrogen and oxygen atoms in total. The molecular formula is C21H26ClN3O3S. The van der Waals surface area contributed by atoms with Gasteiger partial charge in [-0.1, -0.05) is 48.0 Å². The molecule has 1 aliphatic rings. The molecule has 1 aliphatic heterocycles. The number of sulfonamides is 1. The minimum Gasteiger partial charge on any atom is -0.336 e. The van der Waals surface area contributed by atoms with Crippen LogP contribution in [0.25, 0.3) is 0 Å². The predicted molar refractivity (Wildman–Crippen MR) is 115 cm³/mol. The van der Waals surface area contributed by atoms with Crippen LogP contribution in [0.3, 0.4) is 0 Å². The molecule has 1 fully saturated rings. The van der Waals surface area contributed by atoms with E-state index in [1.165, 1.54) is 22.0 Å². The van der Waals surface area contributed by atoms with Crippen LogP contribution in [0.15, 0.2) is 59.5 Å². The van der Waals surface area contributed by atoms with Gasteiger partial charge < -0.3 is 10.2 Å². The molecule has 0 radical (unpaired) electrons. The van der Waals surface area contributed by atoms with E-state index < -0.39 is 10.0 Å². The molecule has 1 saturated heterocycles. The first-order valence-corrected chi connectivity index (χ1v) is 11.5. The maximum absolute atomic E-state index is 12.8. The number of nitrogens with one attached hydrogen (secondary N) is 1. The van der Waals surface area contributed by atoms with Crippen LogP contribution in [0, 0.1) is 0 Å². The van der Waals surface area contributed by atoms with Crippen LogP contribution in [0.1, 0.15) is 18.9 Å². The summed E-state index contributed by atoms with van der Waals surface area (Å²) >= 11 is 5.92. The van der Waals surface area contributed by atoms with Crippen molar-refractivity contribution < 1.29 is 13.2 Å². The largest absolute Gasteiger partial charge is 0.336 e. The van der Waals surface area contributed by atoms with Crippen LogP contribution >= 0.6 is 11.6 Å². The summed E-state index contributed by atoms with van der Waals surface area (Å²) in [5.74, 6) is 0. The molecule has 0 aliphatic carbocycles. The monoisotopic (exact) mass is 435 g/mol. The molecule has 3 rings (SSSR count). The van der Waals surface area contributed by atoms with Crippen molar-refractivity contribution in [3.8, 4) is 0 Å². The lowest BCUT2D eigenvalue weighted by atomic mass is 10.1. The second-order valence-electron chi connectivity index (χ2n) is 7.22. The molecule has 0 unspecified atom stereocenters. The van der Waals surface area contributed by atoms with E-state index in [4.69, 9.17) is 11.6 Å². The van der Waals surface area contributed by atoms with Gasteiger partial charge in [0, 0.05) is 37.2 Å². The number of carbonyl (C=O) groups is 1. The van der Waals surface area contributed by atoms with Crippen molar-refractivity contribution in [3.05, 3.63) is 65.2 Å². The second-order valence-corrected chi connectivity index (χ2v) is 9.60. The predicted octanol–water partition coefficient (Wildman–Crippen LogP) is 3.38. The van der Waals surface area contributed by atoms with Crippen molar-refractivity contribution in [2.45, 2.75) is 30.7 Å². The number of hydrogen-bond donors (Lipinski definition) is 1. The number of carbonyl (C=O) groups excluding carboxylic acids is 1. The third-order valence-electron chi connectivity index (χ3n) is 5.04. The van der Waals surface area contributed by atoms with E-state index in [1.807, 2.05) is 25.1 Å². The molecule has 29 heavy (non-hydrogen) atoms. The summed E-state index contributed by atoms with van der Waals surface area (Å²) in [5.41, 5.74) is 1.24. The standard InChI is InChI=1S/C21H26ClN3O3S/c1-17(10-11-18-6-3-2-4-7-18)23-21(26)24-12-14-25(15-13-24)29(27,28)20-9-5-8-19(22)16-20/h2-9,16-17H,10-15H2,1H3,(H,23,26)/t17-/m1/s1. The van der Waals surface area contributed by atoms with Crippen LogP contribution in [-0.4, -0.2) is 55.9 Å². The summed E-state index contributed by atoms with van der Waals surface area (Å²) in [4.78, 5) is 14.4. The molecule has 2 aromatic carbocycles. The molecule has 1 atom stereocenters. The number of hydrogen-bond acceptors (Lipinski definition) is 3. The smallest absolute Gasteiger partial charge is 0.317 e. The summed E-state index contributed by atoms with van der Waals surface area (Å²) in [7, 11) is -3.61. The van der Waals surface area contributed by atoms with E-state index in [0.29, 0.717) is 18.1 Å². The fourth-order valence-corrected chi connectivity index (χ4v) is 5.03. The van der Waals surface area contributed by atoms with Crippen molar-refractivity contribution in [2.24, 2.45) is 0 Å². The molecule has 2 aromatic rings. The number of aryl methyl sites for hydroxylation is 1. The lowest BCUT2D eigenvalue weighted by molar-refractivity contribution is 0.169. The number of halogens is 1. The Morgan fingerprint density at radius 2 is 1.76 bits per heavy atom. The number of rotatable bonds is 6. The Morgan fingerprint density at radius 3 is 2.41 bits per heavy atom. The van der Waals surface area contributed by atoms with E-state index in [1.54, 1.807) is 17.0 Å². The second kappa shape index (κ2) is 9.61. The number of urea groups is 1. The zero-order chi connectivity index (χ0) is 20.9. The van der Waals surface area contributed by atoms with Crippen molar-refractivity contribution in [2.75, 3.05) is 26.2 Å². The highest BCUT2D eigenvalue weighted by molar-refractivity contribution is 7.89. The lowest BCUT2D eigenvalue weighted by Gasteiger charge is -2.34. The topological polar surface area (TPSA) is 69.7 Å². The molecule has 156 valence electrons. The SMILES string of the molecule is C[C@H](CCc1ccccc1)NC(=O)N1CCN(S(=O)(=O)c2cccc(Cl)c2)CC1. The summed E-state index contributed by atoms with van der Waals surface area (Å²) < 4.78 is 26.9. The number of piperazine rings is 1. The molecule has 1 heterocycles. The van der Waals surface area contributed by atoms with Gasteiger partial charge in [-0.15, -0.1) is 0 Å². The highest BCUT2D eigenvalue weighted by Crippen LogP contribution is 2.21. The first-order valence-electron chi connectivity index (χ1n) is 9.71. The Balaban J connectivity index is 1.49. The van der Waals surface area contributed by atoms with E-state index >= 15 is 0 Å². The van der Waals surface area contributed by atoms with Crippen LogP contribution in [-0.2, 0) is 16.4 Å². The number of amides is 2. The average Bonchev–Trinajstić information content (AvgIpc) is 2.73. The van der Waals surface area contributed by atoms with Gasteiger partial charge in [0.25, 0.3) is 0 Å². The molecular weight excluding hydrogens is 410 g/mol. The zero-order valence-corrected chi connectivity index (χ0v) is 18.0. The van der Waals surface area contributed by atoms with Gasteiger partial charge in [-0.3, -0.25) is 0 Å². The Labute approximate surface area is 177 Å². The summed E-state index contributed by atoms with van der Waals surface area (Å²) in [6.07, 6.45) is 1.74. The highest BCUT2D eigenvalue weighted by Gasteiger charge is 2.30. The average molecular weight is 436 g/mol. The lowest BCUT2D eigenvalue weighted by Crippen LogP contribution is -2.54. The third kappa shape index (κ3) is 5.72. The first-order chi connectivity index (χ1) is 13.9. The molecule has 0 aromatic heterocycles. The van der Waals surface area contributed by atoms with E-state index in [0.717, 1.165) is 12.8 Å². The molecule has 2 amide bonds. The maximum Gasteiger partial charge on any atom is 0.317 e. The van der Waals surface area contributed by atoms with Gasteiger partial charge in [0.2, 0.25) is 10.0 Å². The minimum absolute atomic E-state index is 0.0379. The fraction of sp³-hybridized carbons (Fsp3) is 0.381. The molecule has 0 bridgehead atoms. The van der Waals surface area contributed by atoms with Crippen molar-refractivity contribution in [1.82, 2.24) is 14.5 Å². The Bertz CT molecular complexity index is 929. The summed E-state index contributed by atoms with van der Waals surface area (Å²) in [6, 6.07) is 16.3.